The summed E-state index contributed by atoms with van der Waals surface area (Å²) >= 11 is 0. The number of pyridine rings is 1. The fourth-order valence-corrected chi connectivity index (χ4v) is 3.25. The van der Waals surface area contributed by atoms with Crippen molar-refractivity contribution in [1.29, 1.82) is 0 Å². The molecule has 1 saturated heterocycles. The smallest absolute Gasteiger partial charge is 0.334 e. The van der Waals surface area contributed by atoms with Gasteiger partial charge in [-0.1, -0.05) is 6.07 Å². The predicted octanol–water partition coefficient (Wildman–Crippen LogP) is 4.07. The highest BCUT2D eigenvalue weighted by Gasteiger charge is 2.35. The first-order valence-corrected chi connectivity index (χ1v) is 9.46. The number of carbonyl (C=O) groups excluding carboxylic acids is 2. The van der Waals surface area contributed by atoms with E-state index >= 15 is 0 Å². The Bertz CT molecular complexity index is 955. The number of furan rings is 1. The van der Waals surface area contributed by atoms with E-state index in [2.05, 4.69) is 4.98 Å². The quantitative estimate of drug-likeness (QED) is 0.481. The molecule has 148 valence electrons. The van der Waals surface area contributed by atoms with Crippen LogP contribution < -0.4 is 9.47 Å². The number of nitrogens with zero attached hydrogens (tertiary/aromatic N) is 2. The first-order chi connectivity index (χ1) is 14.2. The van der Waals surface area contributed by atoms with Crippen LogP contribution in [0.4, 0.5) is 0 Å². The van der Waals surface area contributed by atoms with Gasteiger partial charge in [-0.2, -0.15) is 0 Å². The number of benzene rings is 1. The summed E-state index contributed by atoms with van der Waals surface area (Å²) in [5.74, 6) is 0.918. The van der Waals surface area contributed by atoms with E-state index in [4.69, 9.17) is 13.9 Å². The van der Waals surface area contributed by atoms with Crippen LogP contribution in [-0.4, -0.2) is 34.3 Å². The highest BCUT2D eigenvalue weighted by Crippen LogP contribution is 2.25. The Labute approximate surface area is 167 Å². The zero-order chi connectivity index (χ0) is 20.1. The van der Waals surface area contributed by atoms with Gasteiger partial charge in [-0.15, -0.1) is 0 Å². The Morgan fingerprint density at radius 1 is 1.00 bits per heavy atom. The van der Waals surface area contributed by atoms with Crippen LogP contribution in [0.15, 0.2) is 71.5 Å². The summed E-state index contributed by atoms with van der Waals surface area (Å²) in [5, 5.41) is 0. The van der Waals surface area contributed by atoms with Crippen LogP contribution in [0.25, 0.3) is 0 Å². The molecule has 1 fully saturated rings. The van der Waals surface area contributed by atoms with Crippen LogP contribution >= 0.6 is 0 Å². The van der Waals surface area contributed by atoms with E-state index in [0.29, 0.717) is 30.3 Å². The maximum Gasteiger partial charge on any atom is 0.334 e. The molecule has 0 bridgehead atoms. The lowest BCUT2D eigenvalue weighted by atomic mass is 10.0. The topological polar surface area (TPSA) is 81.9 Å². The second kappa shape index (κ2) is 8.60. The zero-order valence-corrected chi connectivity index (χ0v) is 15.7. The molecule has 1 aliphatic rings. The molecular weight excluding hydrogens is 372 g/mol. The third-order valence-electron chi connectivity index (χ3n) is 4.67. The van der Waals surface area contributed by atoms with Gasteiger partial charge < -0.3 is 18.8 Å². The first-order valence-electron chi connectivity index (χ1n) is 9.46. The Morgan fingerprint density at radius 2 is 1.83 bits per heavy atom. The van der Waals surface area contributed by atoms with Gasteiger partial charge in [0.1, 0.15) is 17.5 Å². The average molecular weight is 392 g/mol. The number of amides is 1. The third kappa shape index (κ3) is 4.45. The lowest BCUT2D eigenvalue weighted by Gasteiger charge is -2.33. The van der Waals surface area contributed by atoms with Gasteiger partial charge in [-0.25, -0.2) is 9.78 Å². The number of rotatable bonds is 5. The van der Waals surface area contributed by atoms with Gasteiger partial charge in [0.25, 0.3) is 5.91 Å². The average Bonchev–Trinajstić information content (AvgIpc) is 3.30. The standard InChI is InChI=1S/C22H20N2O5/c25-21(19-7-5-15-27-19)24-14-4-2-6-18(24)22(26)29-17-11-9-16(10-12-17)28-20-8-1-3-13-23-20/h1,3,5,7-13,15,18H,2,4,6,14H2. The number of esters is 1. The number of hydrogen-bond acceptors (Lipinski definition) is 6. The molecular formula is C22H20N2O5. The van der Waals surface area contributed by atoms with Crippen molar-refractivity contribution in [3.05, 3.63) is 72.8 Å². The second-order valence-corrected chi connectivity index (χ2v) is 6.65. The van der Waals surface area contributed by atoms with Crippen molar-refractivity contribution in [2.75, 3.05) is 6.54 Å². The summed E-state index contributed by atoms with van der Waals surface area (Å²) in [6, 6.07) is 14.7. The molecule has 1 aliphatic heterocycles. The van der Waals surface area contributed by atoms with Gasteiger partial charge >= 0.3 is 5.97 Å². The maximum absolute atomic E-state index is 12.7. The summed E-state index contributed by atoms with van der Waals surface area (Å²) in [4.78, 5) is 31.0. The molecule has 0 saturated carbocycles. The zero-order valence-electron chi connectivity index (χ0n) is 15.7. The SMILES string of the molecule is O=C(Oc1ccc(Oc2ccccn2)cc1)C1CCCCN1C(=O)c1ccco1. The lowest BCUT2D eigenvalue weighted by molar-refractivity contribution is -0.140. The van der Waals surface area contributed by atoms with Crippen molar-refractivity contribution in [2.24, 2.45) is 0 Å². The predicted molar refractivity (Wildman–Crippen MR) is 104 cm³/mol. The van der Waals surface area contributed by atoms with E-state index in [0.717, 1.165) is 12.8 Å². The first kappa shape index (κ1) is 18.7. The van der Waals surface area contributed by atoms with E-state index in [-0.39, 0.29) is 11.7 Å². The van der Waals surface area contributed by atoms with Gasteiger partial charge in [-0.3, -0.25) is 4.79 Å². The molecule has 1 unspecified atom stereocenters. The molecule has 0 spiro atoms. The number of likely N-dealkylation sites (tertiary alicyclic amines) is 1. The summed E-state index contributed by atoms with van der Waals surface area (Å²) < 4.78 is 16.3. The molecule has 7 nitrogen and oxygen atoms in total. The van der Waals surface area contributed by atoms with Crippen LogP contribution in [0.3, 0.4) is 0 Å². The van der Waals surface area contributed by atoms with Crippen molar-refractivity contribution < 1.29 is 23.5 Å². The molecule has 2 aromatic heterocycles. The van der Waals surface area contributed by atoms with Crippen LogP contribution in [0.5, 0.6) is 17.4 Å². The van der Waals surface area contributed by atoms with Crippen LogP contribution in [0.2, 0.25) is 0 Å². The van der Waals surface area contributed by atoms with E-state index in [1.807, 2.05) is 6.07 Å². The highest BCUT2D eigenvalue weighted by atomic mass is 16.5. The largest absolute Gasteiger partial charge is 0.459 e. The molecule has 3 heterocycles. The minimum absolute atomic E-state index is 0.223. The molecule has 1 aromatic carbocycles. The van der Waals surface area contributed by atoms with Crippen molar-refractivity contribution in [3.8, 4) is 17.4 Å². The van der Waals surface area contributed by atoms with Gasteiger partial charge in [-0.05, 0) is 61.7 Å². The molecule has 1 amide bonds. The van der Waals surface area contributed by atoms with Gasteiger partial charge in [0.05, 0.1) is 6.26 Å². The lowest BCUT2D eigenvalue weighted by Crippen LogP contribution is -2.49. The van der Waals surface area contributed by atoms with Crippen LogP contribution in [-0.2, 0) is 4.79 Å². The number of piperidine rings is 1. The number of ether oxygens (including phenoxy) is 2. The Kier molecular flexibility index (Phi) is 5.56. The summed E-state index contributed by atoms with van der Waals surface area (Å²) in [6.45, 7) is 0.496. The normalized spacial score (nSPS) is 16.3. The van der Waals surface area contributed by atoms with E-state index in [1.165, 1.54) is 11.2 Å². The fraction of sp³-hybridized carbons (Fsp3) is 0.227. The Morgan fingerprint density at radius 3 is 2.55 bits per heavy atom. The van der Waals surface area contributed by atoms with Crippen LogP contribution in [0.1, 0.15) is 29.8 Å². The number of aromatic nitrogens is 1. The molecule has 1 atom stereocenters. The summed E-state index contributed by atoms with van der Waals surface area (Å²) in [6.07, 6.45) is 5.35. The Balaban J connectivity index is 1.41. The molecule has 7 heteroatoms. The summed E-state index contributed by atoms with van der Waals surface area (Å²) in [5.41, 5.74) is 0. The third-order valence-corrected chi connectivity index (χ3v) is 4.67. The van der Waals surface area contributed by atoms with Gasteiger partial charge in [0, 0.05) is 18.8 Å². The van der Waals surface area contributed by atoms with E-state index in [9.17, 15) is 9.59 Å². The van der Waals surface area contributed by atoms with Crippen molar-refractivity contribution >= 4 is 11.9 Å². The number of hydrogen-bond donors (Lipinski definition) is 0. The second-order valence-electron chi connectivity index (χ2n) is 6.65. The minimum atomic E-state index is -0.634. The van der Waals surface area contributed by atoms with Crippen LogP contribution in [0, 0.1) is 0 Å². The van der Waals surface area contributed by atoms with Crippen molar-refractivity contribution in [1.82, 2.24) is 9.88 Å². The molecule has 0 N–H and O–H groups in total. The molecule has 29 heavy (non-hydrogen) atoms. The van der Waals surface area contributed by atoms with Gasteiger partial charge in [0.2, 0.25) is 5.88 Å². The van der Waals surface area contributed by atoms with Gasteiger partial charge in [0.15, 0.2) is 5.76 Å². The molecule has 0 radical (unpaired) electrons. The maximum atomic E-state index is 12.7. The van der Waals surface area contributed by atoms with E-state index < -0.39 is 12.0 Å². The molecule has 3 aromatic rings. The van der Waals surface area contributed by atoms with Crippen molar-refractivity contribution in [2.45, 2.75) is 25.3 Å². The molecule has 4 rings (SSSR count). The summed E-state index contributed by atoms with van der Waals surface area (Å²) in [7, 11) is 0. The number of carbonyl (C=O) groups is 2. The van der Waals surface area contributed by atoms with Crippen molar-refractivity contribution in [3.63, 3.8) is 0 Å². The highest BCUT2D eigenvalue weighted by molar-refractivity contribution is 5.95. The monoisotopic (exact) mass is 392 g/mol. The molecule has 0 aliphatic carbocycles. The van der Waals surface area contributed by atoms with E-state index in [1.54, 1.807) is 54.7 Å². The fourth-order valence-electron chi connectivity index (χ4n) is 3.25. The minimum Gasteiger partial charge on any atom is -0.459 e. The Hall–Kier alpha value is -3.61.